The topological polar surface area (TPSA) is 32.3 Å². The molecule has 2 heterocycles. The number of halogens is 1. The fraction of sp³-hybridized carbons (Fsp3) is 0.556. The number of aromatic nitrogens is 2. The van der Waals surface area contributed by atoms with Crippen molar-refractivity contribution < 1.29 is 4.39 Å². The van der Waals surface area contributed by atoms with Gasteiger partial charge < -0.3 is 9.80 Å². The van der Waals surface area contributed by atoms with E-state index in [0.29, 0.717) is 5.82 Å². The van der Waals surface area contributed by atoms with Crippen LogP contribution in [0.25, 0.3) is 0 Å². The Bertz CT molecular complexity index is 309. The maximum atomic E-state index is 13.3. The van der Waals surface area contributed by atoms with Gasteiger partial charge in [-0.1, -0.05) is 0 Å². The average Bonchev–Trinajstić information content (AvgIpc) is 2.20. The molecular weight excluding hydrogens is 183 g/mol. The second kappa shape index (κ2) is 3.88. The van der Waals surface area contributed by atoms with Crippen molar-refractivity contribution in [1.29, 1.82) is 0 Å². The summed E-state index contributed by atoms with van der Waals surface area (Å²) in [5, 5.41) is 0. The summed E-state index contributed by atoms with van der Waals surface area (Å²) >= 11 is 0. The smallest absolute Gasteiger partial charge is 0.183 e. The second-order valence-electron chi connectivity index (χ2n) is 3.48. The Morgan fingerprint density at radius 3 is 2.64 bits per heavy atom. The second-order valence-corrected chi connectivity index (χ2v) is 3.48. The molecule has 2 rings (SSSR count). The number of piperazine rings is 1. The van der Waals surface area contributed by atoms with Gasteiger partial charge in [0.2, 0.25) is 0 Å². The van der Waals surface area contributed by atoms with E-state index < -0.39 is 0 Å². The molecule has 0 unspecified atom stereocenters. The minimum absolute atomic E-state index is 0.336. The number of hydrogen-bond acceptors (Lipinski definition) is 4. The molecule has 1 fully saturated rings. The molecular formula is C9H13FN4. The largest absolute Gasteiger partial charge is 0.352 e. The van der Waals surface area contributed by atoms with Gasteiger partial charge in [-0.2, -0.15) is 0 Å². The SMILES string of the molecule is CN1CCN(c2ncncc2F)CC1. The zero-order chi connectivity index (χ0) is 9.97. The summed E-state index contributed by atoms with van der Waals surface area (Å²) in [5.41, 5.74) is 0. The molecule has 0 aliphatic carbocycles. The summed E-state index contributed by atoms with van der Waals surface area (Å²) in [4.78, 5) is 11.8. The van der Waals surface area contributed by atoms with Crippen LogP contribution < -0.4 is 4.90 Å². The van der Waals surface area contributed by atoms with E-state index in [4.69, 9.17) is 0 Å². The molecule has 1 aliphatic heterocycles. The third kappa shape index (κ3) is 1.82. The Labute approximate surface area is 82.4 Å². The van der Waals surface area contributed by atoms with E-state index >= 15 is 0 Å². The molecule has 14 heavy (non-hydrogen) atoms. The Balaban J connectivity index is 2.12. The van der Waals surface area contributed by atoms with Gasteiger partial charge in [0.05, 0.1) is 6.20 Å². The van der Waals surface area contributed by atoms with Crippen molar-refractivity contribution in [2.24, 2.45) is 0 Å². The lowest BCUT2D eigenvalue weighted by atomic mass is 10.3. The Kier molecular flexibility index (Phi) is 2.58. The van der Waals surface area contributed by atoms with E-state index in [-0.39, 0.29) is 5.82 Å². The highest BCUT2D eigenvalue weighted by atomic mass is 19.1. The van der Waals surface area contributed by atoms with Gasteiger partial charge in [0.15, 0.2) is 11.6 Å². The van der Waals surface area contributed by atoms with Gasteiger partial charge in [0.25, 0.3) is 0 Å². The molecule has 0 bridgehead atoms. The highest BCUT2D eigenvalue weighted by molar-refractivity contribution is 5.38. The number of anilines is 1. The lowest BCUT2D eigenvalue weighted by Gasteiger charge is -2.33. The van der Waals surface area contributed by atoms with Crippen LogP contribution in [0.4, 0.5) is 10.2 Å². The first-order valence-corrected chi connectivity index (χ1v) is 4.66. The van der Waals surface area contributed by atoms with Crippen molar-refractivity contribution in [2.45, 2.75) is 0 Å². The molecule has 1 aliphatic rings. The molecule has 0 aromatic carbocycles. The molecule has 0 spiro atoms. The van der Waals surface area contributed by atoms with Gasteiger partial charge in [-0.3, -0.25) is 0 Å². The fourth-order valence-electron chi connectivity index (χ4n) is 1.56. The lowest BCUT2D eigenvalue weighted by Crippen LogP contribution is -2.45. The average molecular weight is 196 g/mol. The van der Waals surface area contributed by atoms with E-state index in [0.717, 1.165) is 26.2 Å². The van der Waals surface area contributed by atoms with Gasteiger partial charge >= 0.3 is 0 Å². The predicted octanol–water partition coefficient (Wildman–Crippen LogP) is 0.367. The van der Waals surface area contributed by atoms with Crippen LogP contribution in [0.2, 0.25) is 0 Å². The van der Waals surface area contributed by atoms with Crippen molar-refractivity contribution in [3.8, 4) is 0 Å². The summed E-state index contributed by atoms with van der Waals surface area (Å²) in [6, 6.07) is 0. The minimum atomic E-state index is -0.336. The lowest BCUT2D eigenvalue weighted by molar-refractivity contribution is 0.310. The van der Waals surface area contributed by atoms with Gasteiger partial charge in [-0.05, 0) is 7.05 Å². The molecule has 0 amide bonds. The summed E-state index contributed by atoms with van der Waals surface area (Å²) in [5.74, 6) is 0.0881. The number of likely N-dealkylation sites (N-methyl/N-ethyl adjacent to an activating group) is 1. The van der Waals surface area contributed by atoms with Crippen LogP contribution in [0.15, 0.2) is 12.5 Å². The Hall–Kier alpha value is -1.23. The maximum absolute atomic E-state index is 13.3. The molecule has 76 valence electrons. The van der Waals surface area contributed by atoms with Crippen LogP contribution in [-0.4, -0.2) is 48.1 Å². The highest BCUT2D eigenvalue weighted by Gasteiger charge is 2.17. The molecule has 4 nitrogen and oxygen atoms in total. The van der Waals surface area contributed by atoms with Gasteiger partial charge in [-0.15, -0.1) is 0 Å². The molecule has 0 N–H and O–H groups in total. The van der Waals surface area contributed by atoms with E-state index in [1.54, 1.807) is 0 Å². The zero-order valence-electron chi connectivity index (χ0n) is 8.15. The van der Waals surface area contributed by atoms with Crippen LogP contribution in [0, 0.1) is 5.82 Å². The monoisotopic (exact) mass is 196 g/mol. The quantitative estimate of drug-likeness (QED) is 0.649. The van der Waals surface area contributed by atoms with Crippen LogP contribution in [0.3, 0.4) is 0 Å². The maximum Gasteiger partial charge on any atom is 0.183 e. The third-order valence-electron chi connectivity index (χ3n) is 2.45. The van der Waals surface area contributed by atoms with E-state index in [1.165, 1.54) is 12.5 Å². The number of hydrogen-bond donors (Lipinski definition) is 0. The van der Waals surface area contributed by atoms with Crippen molar-refractivity contribution in [3.05, 3.63) is 18.3 Å². The zero-order valence-corrected chi connectivity index (χ0v) is 8.15. The van der Waals surface area contributed by atoms with E-state index in [9.17, 15) is 4.39 Å². The summed E-state index contributed by atoms with van der Waals surface area (Å²) in [6.45, 7) is 3.54. The minimum Gasteiger partial charge on any atom is -0.352 e. The number of nitrogens with zero attached hydrogens (tertiary/aromatic N) is 4. The molecule has 1 aromatic heterocycles. The number of rotatable bonds is 1. The van der Waals surface area contributed by atoms with Crippen molar-refractivity contribution in [1.82, 2.24) is 14.9 Å². The van der Waals surface area contributed by atoms with Crippen molar-refractivity contribution in [2.75, 3.05) is 38.1 Å². The van der Waals surface area contributed by atoms with Crippen LogP contribution in [0.1, 0.15) is 0 Å². The molecule has 0 atom stereocenters. The van der Waals surface area contributed by atoms with Gasteiger partial charge in [0, 0.05) is 26.2 Å². The van der Waals surface area contributed by atoms with E-state index in [1.807, 2.05) is 4.90 Å². The van der Waals surface area contributed by atoms with Crippen LogP contribution >= 0.6 is 0 Å². The first-order valence-electron chi connectivity index (χ1n) is 4.66. The molecule has 5 heteroatoms. The molecule has 0 saturated carbocycles. The van der Waals surface area contributed by atoms with Crippen LogP contribution in [0.5, 0.6) is 0 Å². The van der Waals surface area contributed by atoms with Gasteiger partial charge in [-0.25, -0.2) is 14.4 Å². The summed E-state index contributed by atoms with van der Waals surface area (Å²) in [7, 11) is 2.06. The van der Waals surface area contributed by atoms with Gasteiger partial charge in [0.1, 0.15) is 6.33 Å². The van der Waals surface area contributed by atoms with Crippen molar-refractivity contribution >= 4 is 5.82 Å². The molecule has 1 aromatic rings. The first kappa shape index (κ1) is 9.33. The fourth-order valence-corrected chi connectivity index (χ4v) is 1.56. The molecule has 1 saturated heterocycles. The highest BCUT2D eigenvalue weighted by Crippen LogP contribution is 2.15. The van der Waals surface area contributed by atoms with E-state index in [2.05, 4.69) is 21.9 Å². The molecule has 0 radical (unpaired) electrons. The standard InChI is InChI=1S/C9H13FN4/c1-13-2-4-14(5-3-13)9-8(10)6-11-7-12-9/h6-7H,2-5H2,1H3. The summed E-state index contributed by atoms with van der Waals surface area (Å²) < 4.78 is 13.3. The Morgan fingerprint density at radius 2 is 2.00 bits per heavy atom. The normalized spacial score (nSPS) is 18.6. The van der Waals surface area contributed by atoms with Crippen LogP contribution in [-0.2, 0) is 0 Å². The summed E-state index contributed by atoms with van der Waals surface area (Å²) in [6.07, 6.45) is 2.59. The first-order chi connectivity index (χ1) is 6.77. The predicted molar refractivity (Wildman–Crippen MR) is 51.7 cm³/mol. The van der Waals surface area contributed by atoms with Crippen molar-refractivity contribution in [3.63, 3.8) is 0 Å². The Morgan fingerprint density at radius 1 is 1.29 bits per heavy atom. The third-order valence-corrected chi connectivity index (χ3v) is 2.45.